The average Bonchev–Trinajstić information content (AvgIpc) is 3.08. The molecule has 0 bridgehead atoms. The Morgan fingerprint density at radius 2 is 2.43 bits per heavy atom. The summed E-state index contributed by atoms with van der Waals surface area (Å²) < 4.78 is 7.25. The van der Waals surface area contributed by atoms with Gasteiger partial charge in [-0.05, 0) is 25.0 Å². The molecule has 0 saturated carbocycles. The molecule has 1 fully saturated rings. The summed E-state index contributed by atoms with van der Waals surface area (Å²) in [6.45, 7) is 3.57. The molecule has 2 unspecified atom stereocenters. The summed E-state index contributed by atoms with van der Waals surface area (Å²) in [6, 6.07) is 5.43. The first-order valence-corrected chi connectivity index (χ1v) is 7.26. The lowest BCUT2D eigenvalue weighted by molar-refractivity contribution is 0.0690. The molecule has 2 aromatic heterocycles. The second-order valence-corrected chi connectivity index (χ2v) is 5.29. The lowest BCUT2D eigenvalue weighted by atomic mass is 10.00. The lowest BCUT2D eigenvalue weighted by Gasteiger charge is -2.17. The van der Waals surface area contributed by atoms with Crippen molar-refractivity contribution in [3.63, 3.8) is 0 Å². The van der Waals surface area contributed by atoms with Crippen LogP contribution in [-0.2, 0) is 4.74 Å². The van der Waals surface area contributed by atoms with Crippen molar-refractivity contribution in [1.82, 2.24) is 9.38 Å². The molecule has 0 aliphatic carbocycles. The molecule has 0 amide bonds. The number of aromatic carboxylic acids is 1. The van der Waals surface area contributed by atoms with Gasteiger partial charge in [0, 0.05) is 25.3 Å². The second-order valence-electron chi connectivity index (χ2n) is 5.29. The molecule has 3 rings (SSSR count). The summed E-state index contributed by atoms with van der Waals surface area (Å²) >= 11 is 0. The number of hydrogen-bond donors (Lipinski definition) is 2. The highest BCUT2D eigenvalue weighted by Crippen LogP contribution is 2.25. The van der Waals surface area contributed by atoms with Gasteiger partial charge < -0.3 is 15.2 Å². The number of carboxylic acids is 1. The van der Waals surface area contributed by atoms with Crippen molar-refractivity contribution in [3.8, 4) is 0 Å². The molecular weight excluding hydrogens is 270 g/mol. The molecule has 112 valence electrons. The lowest BCUT2D eigenvalue weighted by Crippen LogP contribution is -2.23. The van der Waals surface area contributed by atoms with Gasteiger partial charge in [0.1, 0.15) is 5.65 Å². The molecule has 0 radical (unpaired) electrons. The van der Waals surface area contributed by atoms with Crippen LogP contribution in [0.4, 0.5) is 5.82 Å². The second kappa shape index (κ2) is 5.73. The van der Waals surface area contributed by atoms with E-state index in [-0.39, 0.29) is 11.8 Å². The molecule has 2 atom stereocenters. The van der Waals surface area contributed by atoms with E-state index in [1.54, 1.807) is 22.7 Å². The third-order valence-electron chi connectivity index (χ3n) is 4.01. The zero-order valence-electron chi connectivity index (χ0n) is 12.0. The molecule has 21 heavy (non-hydrogen) atoms. The first-order valence-electron chi connectivity index (χ1n) is 7.26. The maximum Gasteiger partial charge on any atom is 0.356 e. The van der Waals surface area contributed by atoms with Crippen LogP contribution in [0.5, 0.6) is 0 Å². The largest absolute Gasteiger partial charge is 0.476 e. The minimum absolute atomic E-state index is 0.178. The van der Waals surface area contributed by atoms with E-state index in [9.17, 15) is 9.90 Å². The predicted molar refractivity (Wildman–Crippen MR) is 78.8 cm³/mol. The van der Waals surface area contributed by atoms with Gasteiger partial charge in [-0.15, -0.1) is 0 Å². The minimum Gasteiger partial charge on any atom is -0.476 e. The number of hydrogen-bond acceptors (Lipinski definition) is 4. The Labute approximate surface area is 122 Å². The van der Waals surface area contributed by atoms with Crippen LogP contribution in [0.25, 0.3) is 5.65 Å². The Hall–Kier alpha value is -2.08. The molecule has 0 spiro atoms. The molecule has 6 nitrogen and oxygen atoms in total. The maximum absolute atomic E-state index is 11.5. The number of imidazole rings is 1. The van der Waals surface area contributed by atoms with Gasteiger partial charge in [0.2, 0.25) is 0 Å². The molecule has 0 aromatic carbocycles. The number of nitrogens with one attached hydrogen (secondary N) is 1. The number of anilines is 1. The van der Waals surface area contributed by atoms with E-state index < -0.39 is 5.97 Å². The van der Waals surface area contributed by atoms with Gasteiger partial charge in [-0.2, -0.15) is 0 Å². The first kappa shape index (κ1) is 13.9. The Morgan fingerprint density at radius 3 is 3.19 bits per heavy atom. The van der Waals surface area contributed by atoms with Gasteiger partial charge in [-0.3, -0.25) is 4.40 Å². The van der Waals surface area contributed by atoms with Crippen molar-refractivity contribution >= 4 is 17.4 Å². The van der Waals surface area contributed by atoms with Crippen molar-refractivity contribution < 1.29 is 14.6 Å². The molecule has 1 aliphatic heterocycles. The zero-order valence-corrected chi connectivity index (χ0v) is 12.0. The Morgan fingerprint density at radius 1 is 1.57 bits per heavy atom. The van der Waals surface area contributed by atoms with E-state index in [0.29, 0.717) is 23.9 Å². The van der Waals surface area contributed by atoms with Crippen LogP contribution in [0.15, 0.2) is 24.4 Å². The average molecular weight is 289 g/mol. The maximum atomic E-state index is 11.5. The number of carboxylic acid groups (broad SMARTS) is 1. The van der Waals surface area contributed by atoms with E-state index >= 15 is 0 Å². The Balaban J connectivity index is 1.83. The normalized spacial score (nSPS) is 21.8. The summed E-state index contributed by atoms with van der Waals surface area (Å²) in [5, 5.41) is 12.6. The molecule has 3 heterocycles. The molecular formula is C15H19N3O3. The van der Waals surface area contributed by atoms with Crippen LogP contribution < -0.4 is 5.32 Å². The number of fused-ring (bicyclic) bond motifs is 1. The molecule has 1 saturated heterocycles. The smallest absolute Gasteiger partial charge is 0.356 e. The van der Waals surface area contributed by atoms with E-state index in [1.165, 1.54) is 0 Å². The Bertz CT molecular complexity index is 653. The van der Waals surface area contributed by atoms with Gasteiger partial charge >= 0.3 is 5.97 Å². The number of rotatable bonds is 5. The summed E-state index contributed by atoms with van der Waals surface area (Å²) in [5.41, 5.74) is 0.810. The molecule has 1 aliphatic rings. The highest BCUT2D eigenvalue weighted by molar-refractivity contribution is 5.92. The summed E-state index contributed by atoms with van der Waals surface area (Å²) in [4.78, 5) is 15.9. The quantitative estimate of drug-likeness (QED) is 0.883. The van der Waals surface area contributed by atoms with Gasteiger partial charge in [0.15, 0.2) is 11.5 Å². The fourth-order valence-corrected chi connectivity index (χ4v) is 2.93. The van der Waals surface area contributed by atoms with E-state index in [1.807, 2.05) is 6.07 Å². The van der Waals surface area contributed by atoms with Crippen molar-refractivity contribution in [2.45, 2.75) is 25.9 Å². The van der Waals surface area contributed by atoms with Gasteiger partial charge in [-0.1, -0.05) is 13.0 Å². The Kier molecular flexibility index (Phi) is 3.79. The van der Waals surface area contributed by atoms with Gasteiger partial charge in [0.25, 0.3) is 0 Å². The summed E-state index contributed by atoms with van der Waals surface area (Å²) in [6.07, 6.45) is 3.94. The van der Waals surface area contributed by atoms with Gasteiger partial charge in [-0.25, -0.2) is 9.78 Å². The van der Waals surface area contributed by atoms with Crippen molar-refractivity contribution in [2.75, 3.05) is 18.5 Å². The predicted octanol–water partition coefficient (Wildman–Crippen LogP) is 2.26. The van der Waals surface area contributed by atoms with E-state index in [0.717, 1.165) is 19.4 Å². The van der Waals surface area contributed by atoms with Crippen molar-refractivity contribution in [1.29, 1.82) is 0 Å². The number of carbonyl (C=O) groups is 1. The minimum atomic E-state index is -0.981. The first-order chi connectivity index (χ1) is 10.2. The van der Waals surface area contributed by atoms with E-state index in [4.69, 9.17) is 4.74 Å². The van der Waals surface area contributed by atoms with Crippen LogP contribution in [0.3, 0.4) is 0 Å². The third kappa shape index (κ3) is 2.58. The fraction of sp³-hybridized carbons (Fsp3) is 0.467. The fourth-order valence-electron chi connectivity index (χ4n) is 2.93. The van der Waals surface area contributed by atoms with Crippen LogP contribution >= 0.6 is 0 Å². The summed E-state index contributed by atoms with van der Waals surface area (Å²) in [7, 11) is 0. The molecule has 2 N–H and O–H groups in total. The standard InChI is InChI=1S/C15H19N3O3/c1-2-11-10(6-8-21-11)9-16-14-13(15(19)20)18-7-4-3-5-12(18)17-14/h3-5,7,10-11,16H,2,6,8-9H2,1H3,(H,19,20). The number of aromatic nitrogens is 2. The molecule has 6 heteroatoms. The topological polar surface area (TPSA) is 75.9 Å². The third-order valence-corrected chi connectivity index (χ3v) is 4.01. The van der Waals surface area contributed by atoms with E-state index in [2.05, 4.69) is 17.2 Å². The summed E-state index contributed by atoms with van der Waals surface area (Å²) in [5.74, 6) is -0.150. The van der Waals surface area contributed by atoms with Crippen LogP contribution in [-0.4, -0.2) is 39.7 Å². The SMILES string of the molecule is CCC1OCCC1CNc1nc2ccccn2c1C(=O)O. The number of ether oxygens (including phenoxy) is 1. The van der Waals surface area contributed by atoms with Crippen molar-refractivity contribution in [2.24, 2.45) is 5.92 Å². The van der Waals surface area contributed by atoms with Crippen LogP contribution in [0.2, 0.25) is 0 Å². The monoisotopic (exact) mass is 289 g/mol. The van der Waals surface area contributed by atoms with Crippen LogP contribution in [0, 0.1) is 5.92 Å². The highest BCUT2D eigenvalue weighted by atomic mass is 16.5. The van der Waals surface area contributed by atoms with Crippen LogP contribution in [0.1, 0.15) is 30.3 Å². The highest BCUT2D eigenvalue weighted by Gasteiger charge is 2.27. The number of nitrogens with zero attached hydrogens (tertiary/aromatic N) is 2. The number of pyridine rings is 1. The molecule has 2 aromatic rings. The van der Waals surface area contributed by atoms with Gasteiger partial charge in [0.05, 0.1) is 6.10 Å². The zero-order chi connectivity index (χ0) is 14.8. The van der Waals surface area contributed by atoms with Crippen molar-refractivity contribution in [3.05, 3.63) is 30.1 Å².